The second-order valence-electron chi connectivity index (χ2n) is 7.66. The van der Waals surface area contributed by atoms with Crippen molar-refractivity contribution in [2.75, 3.05) is 47.8 Å². The van der Waals surface area contributed by atoms with E-state index >= 15 is 0 Å². The molecule has 1 aromatic heterocycles. The largest absolute Gasteiger partial charge is 0.493 e. The van der Waals surface area contributed by atoms with Crippen LogP contribution in [0.2, 0.25) is 0 Å². The molecule has 0 spiro atoms. The van der Waals surface area contributed by atoms with Crippen LogP contribution in [0, 0.1) is 6.92 Å². The summed E-state index contributed by atoms with van der Waals surface area (Å²) in [7, 11) is 6.15. The van der Waals surface area contributed by atoms with E-state index in [2.05, 4.69) is 15.1 Å². The Labute approximate surface area is 220 Å². The van der Waals surface area contributed by atoms with Crippen molar-refractivity contribution in [1.29, 1.82) is 0 Å². The highest BCUT2D eigenvalue weighted by atomic mass is 32.2. The zero-order valence-corrected chi connectivity index (χ0v) is 22.5. The van der Waals surface area contributed by atoms with Crippen LogP contribution >= 0.6 is 11.8 Å². The third kappa shape index (κ3) is 7.17. The van der Waals surface area contributed by atoms with Crippen molar-refractivity contribution in [2.45, 2.75) is 13.3 Å². The minimum absolute atomic E-state index is 0.133. The van der Waals surface area contributed by atoms with Gasteiger partial charge in [-0.1, -0.05) is 5.16 Å². The molecule has 0 aliphatic carbocycles. The van der Waals surface area contributed by atoms with Crippen LogP contribution in [-0.4, -0.2) is 74.7 Å². The second kappa shape index (κ2) is 13.6. The van der Waals surface area contributed by atoms with Crippen LogP contribution in [-0.2, 0) is 20.7 Å². The lowest BCUT2D eigenvalue weighted by molar-refractivity contribution is -0.138. The van der Waals surface area contributed by atoms with Crippen molar-refractivity contribution in [1.82, 2.24) is 10.1 Å². The molecule has 1 heterocycles. The summed E-state index contributed by atoms with van der Waals surface area (Å²) < 4.78 is 26.4. The Morgan fingerprint density at radius 1 is 1.08 bits per heavy atom. The predicted octanol–water partition coefficient (Wildman–Crippen LogP) is 4.31. The summed E-state index contributed by atoms with van der Waals surface area (Å²) in [6.45, 7) is 2.10. The van der Waals surface area contributed by atoms with E-state index < -0.39 is 5.97 Å². The third-order valence-corrected chi connectivity index (χ3v) is 5.98. The molecule has 0 radical (unpaired) electrons. The molecule has 3 rings (SSSR count). The number of nitrogens with zero attached hydrogens (tertiary/aromatic N) is 4. The Morgan fingerprint density at radius 2 is 1.84 bits per heavy atom. The van der Waals surface area contributed by atoms with E-state index in [0.29, 0.717) is 52.7 Å². The minimum Gasteiger partial charge on any atom is -0.493 e. The number of benzene rings is 2. The van der Waals surface area contributed by atoms with Crippen molar-refractivity contribution < 1.29 is 28.3 Å². The van der Waals surface area contributed by atoms with Crippen molar-refractivity contribution in [2.24, 2.45) is 9.98 Å². The number of methoxy groups -OCH3 is 4. The van der Waals surface area contributed by atoms with Gasteiger partial charge in [0.2, 0.25) is 11.7 Å². The average molecular weight is 527 g/mol. The van der Waals surface area contributed by atoms with E-state index in [-0.39, 0.29) is 6.54 Å². The lowest BCUT2D eigenvalue weighted by Gasteiger charge is -2.17. The first-order chi connectivity index (χ1) is 17.9. The lowest BCUT2D eigenvalue weighted by Crippen LogP contribution is -2.16. The number of esters is 1. The summed E-state index contributed by atoms with van der Waals surface area (Å²) >= 11 is 1.38. The first-order valence-corrected chi connectivity index (χ1v) is 12.6. The van der Waals surface area contributed by atoms with Gasteiger partial charge in [0.25, 0.3) is 0 Å². The number of aryl methyl sites for hydroxylation is 1. The third-order valence-electron chi connectivity index (χ3n) is 5.27. The molecule has 0 fully saturated rings. The number of thioether (sulfide) groups is 1. The molecule has 0 saturated carbocycles. The van der Waals surface area contributed by atoms with Crippen LogP contribution in [0.3, 0.4) is 0 Å². The maximum atomic E-state index is 11.8. The van der Waals surface area contributed by atoms with Crippen molar-refractivity contribution in [3.63, 3.8) is 0 Å². The Kier molecular flexibility index (Phi) is 10.2. The molecule has 0 unspecified atom stereocenters. The monoisotopic (exact) mass is 526 g/mol. The summed E-state index contributed by atoms with van der Waals surface area (Å²) in [4.78, 5) is 25.5. The fraction of sp³-hybridized carbons (Fsp3) is 0.346. The molecule has 196 valence electrons. The molecule has 0 atom stereocenters. The van der Waals surface area contributed by atoms with Crippen molar-refractivity contribution in [3.8, 4) is 22.9 Å². The SMILES string of the molecule is COCCc1cc(C(=N\c2ccc(-c3noc(C)n3)cc2)/C(=N/CC(=O)OC)SC)cc(OC)c1OC. The van der Waals surface area contributed by atoms with Gasteiger partial charge >= 0.3 is 5.97 Å². The molecule has 2 aromatic carbocycles. The van der Waals surface area contributed by atoms with Crippen LogP contribution in [0.4, 0.5) is 5.69 Å². The predicted molar refractivity (Wildman–Crippen MR) is 144 cm³/mol. The van der Waals surface area contributed by atoms with Gasteiger partial charge in [-0.15, -0.1) is 11.8 Å². The van der Waals surface area contributed by atoms with Crippen LogP contribution in [0.1, 0.15) is 17.0 Å². The van der Waals surface area contributed by atoms with Gasteiger partial charge in [0.05, 0.1) is 33.6 Å². The Balaban J connectivity index is 2.14. The number of ether oxygens (including phenoxy) is 4. The highest BCUT2D eigenvalue weighted by Gasteiger charge is 2.19. The number of carbonyl (C=O) groups is 1. The molecule has 11 heteroatoms. The number of aliphatic imine (C=N–C) groups is 2. The molecule has 0 aliphatic heterocycles. The van der Waals surface area contributed by atoms with Gasteiger partial charge in [-0.05, 0) is 49.1 Å². The molecule has 10 nitrogen and oxygen atoms in total. The number of carbonyl (C=O) groups excluding carboxylic acids is 1. The van der Waals surface area contributed by atoms with E-state index in [0.717, 1.165) is 16.7 Å². The summed E-state index contributed by atoms with van der Waals surface area (Å²) in [6, 6.07) is 11.2. The van der Waals surface area contributed by atoms with Gasteiger partial charge in [-0.2, -0.15) is 4.98 Å². The van der Waals surface area contributed by atoms with Crippen LogP contribution in [0.15, 0.2) is 50.9 Å². The Hall–Kier alpha value is -3.70. The Bertz CT molecular complexity index is 1270. The summed E-state index contributed by atoms with van der Waals surface area (Å²) in [5.74, 6) is 1.72. The number of hydrogen-bond acceptors (Lipinski definition) is 11. The van der Waals surface area contributed by atoms with E-state index in [1.807, 2.05) is 42.7 Å². The fourth-order valence-corrected chi connectivity index (χ4v) is 4.03. The number of hydrogen-bond donors (Lipinski definition) is 0. The molecule has 0 N–H and O–H groups in total. The molecule has 3 aromatic rings. The van der Waals surface area contributed by atoms with Gasteiger partial charge < -0.3 is 23.5 Å². The first-order valence-electron chi connectivity index (χ1n) is 11.3. The van der Waals surface area contributed by atoms with Gasteiger partial charge in [-0.3, -0.25) is 9.79 Å². The lowest BCUT2D eigenvalue weighted by atomic mass is 10.0. The first kappa shape index (κ1) is 27.9. The van der Waals surface area contributed by atoms with Gasteiger partial charge in [0.1, 0.15) is 17.3 Å². The van der Waals surface area contributed by atoms with E-state index in [9.17, 15) is 4.79 Å². The van der Waals surface area contributed by atoms with Crippen LogP contribution in [0.25, 0.3) is 11.4 Å². The second-order valence-corrected chi connectivity index (χ2v) is 8.45. The molecule has 0 aliphatic rings. The topological polar surface area (TPSA) is 118 Å². The molecule has 0 saturated heterocycles. The smallest absolute Gasteiger partial charge is 0.327 e. The van der Waals surface area contributed by atoms with Crippen LogP contribution in [0.5, 0.6) is 11.5 Å². The van der Waals surface area contributed by atoms with E-state index in [4.69, 9.17) is 28.5 Å². The molecular formula is C26H30N4O6S. The molecular weight excluding hydrogens is 496 g/mol. The molecule has 0 amide bonds. The summed E-state index contributed by atoms with van der Waals surface area (Å²) in [5.41, 5.74) is 3.68. The fourth-order valence-electron chi connectivity index (χ4n) is 3.48. The number of rotatable bonds is 11. The molecule has 37 heavy (non-hydrogen) atoms. The quantitative estimate of drug-likeness (QED) is 0.205. The average Bonchev–Trinajstić information content (AvgIpc) is 3.37. The summed E-state index contributed by atoms with van der Waals surface area (Å²) in [5, 5.41) is 4.52. The van der Waals surface area contributed by atoms with Gasteiger partial charge in [0, 0.05) is 30.7 Å². The standard InChI is InChI=1S/C26H30N4O6S/c1-16-28-25(30-36-16)17-7-9-20(10-8-17)29-23(26(37-6)27-15-22(31)34-4)19-13-18(11-12-32-2)24(35-5)21(14-19)33-3/h7-10,13-14H,11-12,15H2,1-6H3/b27-26-,29-23+. The highest BCUT2D eigenvalue weighted by molar-refractivity contribution is 8.15. The van der Waals surface area contributed by atoms with Crippen molar-refractivity contribution >= 4 is 34.2 Å². The maximum Gasteiger partial charge on any atom is 0.327 e. The molecule has 0 bridgehead atoms. The van der Waals surface area contributed by atoms with E-state index in [1.54, 1.807) is 28.3 Å². The highest BCUT2D eigenvalue weighted by Crippen LogP contribution is 2.34. The zero-order valence-electron chi connectivity index (χ0n) is 21.7. The van der Waals surface area contributed by atoms with Gasteiger partial charge in [-0.25, -0.2) is 4.99 Å². The minimum atomic E-state index is -0.446. The van der Waals surface area contributed by atoms with Crippen LogP contribution < -0.4 is 9.47 Å². The summed E-state index contributed by atoms with van der Waals surface area (Å²) in [6.07, 6.45) is 2.48. The van der Waals surface area contributed by atoms with E-state index in [1.165, 1.54) is 18.9 Å². The van der Waals surface area contributed by atoms with Gasteiger partial charge in [0.15, 0.2) is 11.5 Å². The normalized spacial score (nSPS) is 11.9. The number of aromatic nitrogens is 2. The zero-order chi connectivity index (χ0) is 26.8. The van der Waals surface area contributed by atoms with Crippen molar-refractivity contribution in [3.05, 3.63) is 53.4 Å². The maximum absolute atomic E-state index is 11.8. The Morgan fingerprint density at radius 3 is 2.41 bits per heavy atom.